The molecular formula is C28H18O8S. The second kappa shape index (κ2) is 10.4. The van der Waals surface area contributed by atoms with Gasteiger partial charge in [0.2, 0.25) is 0 Å². The topological polar surface area (TPSA) is 149 Å². The molecule has 4 aromatic rings. The Morgan fingerprint density at radius 1 is 0.405 bits per heavy atom. The maximum absolute atomic E-state index is 11.5. The van der Waals surface area contributed by atoms with E-state index in [2.05, 4.69) is 0 Å². The fourth-order valence-electron chi connectivity index (χ4n) is 3.74. The van der Waals surface area contributed by atoms with Crippen molar-refractivity contribution in [3.63, 3.8) is 0 Å². The zero-order valence-corrected chi connectivity index (χ0v) is 19.7. The highest BCUT2D eigenvalue weighted by Gasteiger charge is 2.18. The van der Waals surface area contributed by atoms with Crippen LogP contribution in [-0.4, -0.2) is 44.3 Å². The number of carboxylic acid groups (broad SMARTS) is 4. The lowest BCUT2D eigenvalue weighted by atomic mass is 9.99. The predicted molar refractivity (Wildman–Crippen MR) is 136 cm³/mol. The van der Waals surface area contributed by atoms with Crippen molar-refractivity contribution in [2.45, 2.75) is 9.79 Å². The predicted octanol–water partition coefficient (Wildman–Crippen LogP) is 5.96. The first-order valence-corrected chi connectivity index (χ1v) is 11.6. The van der Waals surface area contributed by atoms with Gasteiger partial charge in [0.25, 0.3) is 0 Å². The summed E-state index contributed by atoms with van der Waals surface area (Å²) >= 11 is 1.48. The van der Waals surface area contributed by atoms with Crippen molar-refractivity contribution in [2.24, 2.45) is 0 Å². The van der Waals surface area contributed by atoms with Gasteiger partial charge in [-0.2, -0.15) is 0 Å². The van der Waals surface area contributed by atoms with Crippen molar-refractivity contribution in [3.05, 3.63) is 107 Å². The average Bonchev–Trinajstić information content (AvgIpc) is 2.88. The number of benzene rings is 4. The Kier molecular flexibility index (Phi) is 7.08. The van der Waals surface area contributed by atoms with E-state index in [9.17, 15) is 39.6 Å². The van der Waals surface area contributed by atoms with E-state index >= 15 is 0 Å². The molecule has 0 atom stereocenters. The highest BCUT2D eigenvalue weighted by atomic mass is 32.2. The van der Waals surface area contributed by atoms with Crippen LogP contribution < -0.4 is 0 Å². The normalized spacial score (nSPS) is 10.6. The first-order valence-electron chi connectivity index (χ1n) is 10.7. The Hall–Kier alpha value is -4.89. The Labute approximate surface area is 214 Å². The van der Waals surface area contributed by atoms with Gasteiger partial charge in [0.15, 0.2) is 0 Å². The van der Waals surface area contributed by atoms with E-state index in [4.69, 9.17) is 0 Å². The second-order valence-electron chi connectivity index (χ2n) is 7.89. The van der Waals surface area contributed by atoms with Crippen LogP contribution in [0.3, 0.4) is 0 Å². The first-order chi connectivity index (χ1) is 17.6. The van der Waals surface area contributed by atoms with Crippen LogP contribution in [0.4, 0.5) is 0 Å². The Bertz CT molecular complexity index is 1420. The Morgan fingerprint density at radius 2 is 0.703 bits per heavy atom. The van der Waals surface area contributed by atoms with Crippen LogP contribution in [0.25, 0.3) is 22.3 Å². The number of hydrogen-bond acceptors (Lipinski definition) is 5. The smallest absolute Gasteiger partial charge is 0.336 e. The van der Waals surface area contributed by atoms with E-state index in [1.165, 1.54) is 36.0 Å². The summed E-state index contributed by atoms with van der Waals surface area (Å²) in [6.45, 7) is 0. The van der Waals surface area contributed by atoms with Crippen molar-refractivity contribution in [1.29, 1.82) is 0 Å². The van der Waals surface area contributed by atoms with E-state index in [1.807, 2.05) is 48.5 Å². The summed E-state index contributed by atoms with van der Waals surface area (Å²) < 4.78 is 0. The van der Waals surface area contributed by atoms with Crippen LogP contribution in [0.5, 0.6) is 0 Å². The SMILES string of the molecule is O=C(O)c1ccc(-c2ccc(Sc3ccc(-c4ccc(C(=O)O)c(C(=O)O)c4)cc3)cc2)cc1C(=O)O. The molecule has 4 rings (SSSR count). The lowest BCUT2D eigenvalue weighted by molar-refractivity contribution is 0.0651. The second-order valence-corrected chi connectivity index (χ2v) is 9.04. The fraction of sp³-hybridized carbons (Fsp3) is 0. The minimum absolute atomic E-state index is 0.274. The third-order valence-corrected chi connectivity index (χ3v) is 6.59. The van der Waals surface area contributed by atoms with Gasteiger partial charge in [-0.15, -0.1) is 0 Å². The molecule has 0 amide bonds. The third-order valence-electron chi connectivity index (χ3n) is 5.57. The molecular weight excluding hydrogens is 496 g/mol. The summed E-state index contributed by atoms with van der Waals surface area (Å²) in [6, 6.07) is 23.1. The molecule has 0 aliphatic heterocycles. The molecule has 0 aliphatic rings. The molecule has 4 N–H and O–H groups in total. The van der Waals surface area contributed by atoms with E-state index in [0.717, 1.165) is 20.9 Å². The summed E-state index contributed by atoms with van der Waals surface area (Å²) in [5.74, 6) is -5.23. The number of carbonyl (C=O) groups is 4. The van der Waals surface area contributed by atoms with Gasteiger partial charge >= 0.3 is 23.9 Å². The average molecular weight is 515 g/mol. The molecule has 8 nitrogen and oxygen atoms in total. The molecule has 9 heteroatoms. The summed E-state index contributed by atoms with van der Waals surface area (Å²) in [4.78, 5) is 47.3. The van der Waals surface area contributed by atoms with Crippen LogP contribution >= 0.6 is 11.8 Å². The molecule has 0 aliphatic carbocycles. The van der Waals surface area contributed by atoms with Gasteiger partial charge in [-0.3, -0.25) is 0 Å². The Morgan fingerprint density at radius 3 is 1.00 bits per heavy atom. The summed E-state index contributed by atoms with van der Waals surface area (Å²) in [7, 11) is 0. The van der Waals surface area contributed by atoms with Gasteiger partial charge in [0, 0.05) is 9.79 Å². The van der Waals surface area contributed by atoms with Gasteiger partial charge in [-0.05, 0) is 70.8 Å². The van der Waals surface area contributed by atoms with Gasteiger partial charge < -0.3 is 20.4 Å². The van der Waals surface area contributed by atoms with E-state index < -0.39 is 23.9 Å². The van der Waals surface area contributed by atoms with Crippen LogP contribution in [0, 0.1) is 0 Å². The highest BCUT2D eigenvalue weighted by Crippen LogP contribution is 2.32. The molecule has 4 aromatic carbocycles. The van der Waals surface area contributed by atoms with Gasteiger partial charge in [-0.25, -0.2) is 19.2 Å². The minimum Gasteiger partial charge on any atom is -0.478 e. The number of hydrogen-bond donors (Lipinski definition) is 4. The molecule has 0 fully saturated rings. The maximum atomic E-state index is 11.5. The van der Waals surface area contributed by atoms with Crippen molar-refractivity contribution in [1.82, 2.24) is 0 Å². The lowest BCUT2D eigenvalue weighted by Gasteiger charge is -2.09. The zero-order valence-electron chi connectivity index (χ0n) is 18.9. The van der Waals surface area contributed by atoms with Crippen LogP contribution in [0.2, 0.25) is 0 Å². The number of aromatic carboxylic acids is 4. The van der Waals surface area contributed by atoms with E-state index in [1.54, 1.807) is 12.1 Å². The fourth-order valence-corrected chi connectivity index (χ4v) is 4.56. The van der Waals surface area contributed by atoms with Gasteiger partial charge in [-0.1, -0.05) is 48.2 Å². The highest BCUT2D eigenvalue weighted by molar-refractivity contribution is 7.99. The molecule has 0 saturated heterocycles. The van der Waals surface area contributed by atoms with E-state index in [0.29, 0.717) is 11.1 Å². The molecule has 0 spiro atoms. The summed E-state index contributed by atoms with van der Waals surface area (Å²) in [5, 5.41) is 37.1. The quantitative estimate of drug-likeness (QED) is 0.223. The molecule has 0 aromatic heterocycles. The van der Waals surface area contributed by atoms with Crippen LogP contribution in [0.15, 0.2) is 94.7 Å². The summed E-state index contributed by atoms with van der Waals surface area (Å²) in [6.07, 6.45) is 0. The molecule has 37 heavy (non-hydrogen) atoms. The van der Waals surface area contributed by atoms with E-state index in [-0.39, 0.29) is 22.3 Å². The number of rotatable bonds is 8. The third kappa shape index (κ3) is 5.52. The Balaban J connectivity index is 1.52. The molecule has 0 unspecified atom stereocenters. The molecule has 0 saturated carbocycles. The molecule has 184 valence electrons. The number of carboxylic acids is 4. The zero-order chi connectivity index (χ0) is 26.7. The monoisotopic (exact) mass is 514 g/mol. The first kappa shape index (κ1) is 25.2. The van der Waals surface area contributed by atoms with Crippen molar-refractivity contribution >= 4 is 35.6 Å². The largest absolute Gasteiger partial charge is 0.478 e. The standard InChI is InChI=1S/C28H18O8S/c29-25(30)21-11-5-17(13-23(21)27(33)34)15-1-7-19(8-2-15)37-20-9-3-16(4-10-20)18-6-12-22(26(31)32)24(14-18)28(35)36/h1-14H,(H,29,30)(H,31,32)(H,33,34)(H,35,36). The van der Waals surface area contributed by atoms with Crippen molar-refractivity contribution < 1.29 is 39.6 Å². The van der Waals surface area contributed by atoms with Crippen LogP contribution in [0.1, 0.15) is 41.4 Å². The van der Waals surface area contributed by atoms with Crippen molar-refractivity contribution in [3.8, 4) is 22.3 Å². The minimum atomic E-state index is -1.31. The molecule has 0 bridgehead atoms. The summed E-state index contributed by atoms with van der Waals surface area (Å²) in [5.41, 5.74) is 1.52. The molecule has 0 radical (unpaired) electrons. The van der Waals surface area contributed by atoms with Crippen LogP contribution in [-0.2, 0) is 0 Å². The van der Waals surface area contributed by atoms with Gasteiger partial charge in [0.05, 0.1) is 22.3 Å². The van der Waals surface area contributed by atoms with Crippen molar-refractivity contribution in [2.75, 3.05) is 0 Å². The molecule has 0 heterocycles. The van der Waals surface area contributed by atoms with Gasteiger partial charge in [0.1, 0.15) is 0 Å². The lowest BCUT2D eigenvalue weighted by Crippen LogP contribution is -2.07. The maximum Gasteiger partial charge on any atom is 0.336 e.